The molecule has 9 heteroatoms. The topological polar surface area (TPSA) is 126 Å². The quantitative estimate of drug-likeness (QED) is 0.587. The largest absolute Gasteiger partial charge is 0.480 e. The molecule has 0 bridgehead atoms. The van der Waals surface area contributed by atoms with Gasteiger partial charge in [-0.2, -0.15) is 0 Å². The zero-order chi connectivity index (χ0) is 17.1. The molecule has 3 aromatic rings. The van der Waals surface area contributed by atoms with E-state index in [1.165, 1.54) is 4.68 Å². The summed E-state index contributed by atoms with van der Waals surface area (Å²) in [6, 6.07) is 6.57. The van der Waals surface area contributed by atoms with Crippen molar-refractivity contribution in [1.82, 2.24) is 30.5 Å². The van der Waals surface area contributed by atoms with Gasteiger partial charge in [0.2, 0.25) is 5.91 Å². The first kappa shape index (κ1) is 15.7. The van der Waals surface area contributed by atoms with E-state index in [0.29, 0.717) is 5.82 Å². The number of aliphatic carboxylic acids is 1. The van der Waals surface area contributed by atoms with Gasteiger partial charge in [0, 0.05) is 30.6 Å². The van der Waals surface area contributed by atoms with Gasteiger partial charge in [-0.05, 0) is 22.1 Å². The van der Waals surface area contributed by atoms with Crippen LogP contribution in [0.1, 0.15) is 11.4 Å². The third-order valence-corrected chi connectivity index (χ3v) is 3.76. The number of para-hydroxylation sites is 1. The Morgan fingerprint density at radius 1 is 1.38 bits per heavy atom. The van der Waals surface area contributed by atoms with E-state index in [9.17, 15) is 14.7 Å². The van der Waals surface area contributed by atoms with Crippen molar-refractivity contribution in [2.24, 2.45) is 7.05 Å². The molecule has 1 amide bonds. The molecule has 1 aromatic carbocycles. The number of hydrogen-bond acceptors (Lipinski definition) is 5. The van der Waals surface area contributed by atoms with E-state index in [1.807, 2.05) is 24.3 Å². The number of hydrogen-bond donors (Lipinski definition) is 3. The van der Waals surface area contributed by atoms with E-state index >= 15 is 0 Å². The average molecular weight is 328 g/mol. The van der Waals surface area contributed by atoms with Crippen LogP contribution in [0.4, 0.5) is 0 Å². The minimum absolute atomic E-state index is 0.0822. The van der Waals surface area contributed by atoms with Crippen LogP contribution in [-0.2, 0) is 29.5 Å². The van der Waals surface area contributed by atoms with Crippen molar-refractivity contribution in [2.75, 3.05) is 0 Å². The number of aromatic amines is 1. The molecule has 0 radical (unpaired) electrons. The van der Waals surface area contributed by atoms with Gasteiger partial charge in [0.05, 0.1) is 6.42 Å². The van der Waals surface area contributed by atoms with Gasteiger partial charge >= 0.3 is 5.97 Å². The molecule has 0 spiro atoms. The molecule has 124 valence electrons. The first-order chi connectivity index (χ1) is 11.5. The smallest absolute Gasteiger partial charge is 0.326 e. The molecule has 2 aromatic heterocycles. The van der Waals surface area contributed by atoms with Gasteiger partial charge in [0.25, 0.3) is 0 Å². The Morgan fingerprint density at radius 3 is 2.88 bits per heavy atom. The number of nitrogens with zero attached hydrogens (tertiary/aromatic N) is 4. The normalized spacial score (nSPS) is 12.2. The molecule has 0 aliphatic rings. The van der Waals surface area contributed by atoms with Gasteiger partial charge in [0.1, 0.15) is 6.04 Å². The number of carbonyl (C=O) groups is 2. The number of carboxylic acids is 1. The summed E-state index contributed by atoms with van der Waals surface area (Å²) in [5.41, 5.74) is 1.76. The Morgan fingerprint density at radius 2 is 2.17 bits per heavy atom. The fourth-order valence-corrected chi connectivity index (χ4v) is 2.51. The lowest BCUT2D eigenvalue weighted by Gasteiger charge is -2.14. The molecule has 3 N–H and O–H groups in total. The number of amides is 1. The van der Waals surface area contributed by atoms with Crippen molar-refractivity contribution in [3.63, 3.8) is 0 Å². The average Bonchev–Trinajstić information content (AvgIpc) is 3.14. The number of tetrazole rings is 1. The van der Waals surface area contributed by atoms with Crippen LogP contribution in [0.15, 0.2) is 30.5 Å². The van der Waals surface area contributed by atoms with Gasteiger partial charge in [-0.25, -0.2) is 9.48 Å². The lowest BCUT2D eigenvalue weighted by molar-refractivity contribution is -0.141. The van der Waals surface area contributed by atoms with E-state index < -0.39 is 17.9 Å². The second-order valence-corrected chi connectivity index (χ2v) is 5.42. The number of fused-ring (bicyclic) bond motifs is 1. The van der Waals surface area contributed by atoms with Crippen LogP contribution in [0.3, 0.4) is 0 Å². The Balaban J connectivity index is 1.72. The first-order valence-corrected chi connectivity index (χ1v) is 7.33. The van der Waals surface area contributed by atoms with Crippen molar-refractivity contribution < 1.29 is 14.7 Å². The number of aryl methyl sites for hydroxylation is 1. The molecule has 0 aliphatic heterocycles. The summed E-state index contributed by atoms with van der Waals surface area (Å²) in [6.07, 6.45) is 1.86. The second-order valence-electron chi connectivity index (χ2n) is 5.42. The summed E-state index contributed by atoms with van der Waals surface area (Å²) in [4.78, 5) is 26.7. The Bertz CT molecular complexity index is 884. The predicted molar refractivity (Wildman–Crippen MR) is 84.1 cm³/mol. The molecule has 9 nitrogen and oxygen atoms in total. The van der Waals surface area contributed by atoms with Crippen molar-refractivity contribution in [1.29, 1.82) is 0 Å². The third kappa shape index (κ3) is 3.24. The van der Waals surface area contributed by atoms with Gasteiger partial charge in [0.15, 0.2) is 5.82 Å². The highest BCUT2D eigenvalue weighted by Gasteiger charge is 2.22. The minimum Gasteiger partial charge on any atom is -0.480 e. The van der Waals surface area contributed by atoms with Crippen LogP contribution < -0.4 is 5.32 Å². The standard InChI is InChI=1S/C15H16N6O3/c1-21-13(18-19-20-21)7-14(22)17-12(15(23)24)6-9-8-16-11-5-3-2-4-10(9)11/h2-5,8,12,16H,6-7H2,1H3,(H,17,22)(H,23,24). The van der Waals surface area contributed by atoms with Gasteiger partial charge in [-0.1, -0.05) is 18.2 Å². The molecule has 24 heavy (non-hydrogen) atoms. The van der Waals surface area contributed by atoms with Crippen molar-refractivity contribution in [3.8, 4) is 0 Å². The fourth-order valence-electron chi connectivity index (χ4n) is 2.51. The van der Waals surface area contributed by atoms with Crippen LogP contribution >= 0.6 is 0 Å². The van der Waals surface area contributed by atoms with Crippen LogP contribution in [0.2, 0.25) is 0 Å². The highest BCUT2D eigenvalue weighted by molar-refractivity contribution is 5.87. The van der Waals surface area contributed by atoms with Gasteiger partial charge in [-0.3, -0.25) is 4.79 Å². The number of carboxylic acid groups (broad SMARTS) is 1. The molecular weight excluding hydrogens is 312 g/mol. The molecule has 1 unspecified atom stereocenters. The predicted octanol–water partition coefficient (Wildman–Crippen LogP) is 0.0460. The summed E-state index contributed by atoms with van der Waals surface area (Å²) in [5, 5.41) is 23.7. The summed E-state index contributed by atoms with van der Waals surface area (Å²) in [5.74, 6) is -1.17. The lowest BCUT2D eigenvalue weighted by Crippen LogP contribution is -2.43. The van der Waals surface area contributed by atoms with E-state index in [4.69, 9.17) is 0 Å². The fraction of sp³-hybridized carbons (Fsp3) is 0.267. The van der Waals surface area contributed by atoms with Gasteiger partial charge < -0.3 is 15.4 Å². The Kier molecular flexibility index (Phi) is 4.23. The highest BCUT2D eigenvalue weighted by atomic mass is 16.4. The molecule has 1 atom stereocenters. The van der Waals surface area contributed by atoms with E-state index in [0.717, 1.165) is 16.5 Å². The van der Waals surface area contributed by atoms with Crippen LogP contribution in [0, 0.1) is 0 Å². The zero-order valence-electron chi connectivity index (χ0n) is 12.9. The van der Waals surface area contributed by atoms with Crippen molar-refractivity contribution in [3.05, 3.63) is 41.9 Å². The van der Waals surface area contributed by atoms with E-state index in [2.05, 4.69) is 25.8 Å². The number of aromatic nitrogens is 5. The maximum absolute atomic E-state index is 12.1. The molecule has 0 fully saturated rings. The lowest BCUT2D eigenvalue weighted by atomic mass is 10.0. The van der Waals surface area contributed by atoms with Crippen LogP contribution in [-0.4, -0.2) is 48.2 Å². The Hall–Kier alpha value is -3.23. The highest BCUT2D eigenvalue weighted by Crippen LogP contribution is 2.19. The monoisotopic (exact) mass is 328 g/mol. The second kappa shape index (κ2) is 6.49. The first-order valence-electron chi connectivity index (χ1n) is 7.33. The van der Waals surface area contributed by atoms with E-state index in [-0.39, 0.29) is 12.8 Å². The molecule has 2 heterocycles. The minimum atomic E-state index is -1.09. The zero-order valence-corrected chi connectivity index (χ0v) is 12.9. The number of benzene rings is 1. The third-order valence-electron chi connectivity index (χ3n) is 3.76. The maximum Gasteiger partial charge on any atom is 0.326 e. The molecule has 0 saturated heterocycles. The Labute approximate surface area is 136 Å². The van der Waals surface area contributed by atoms with Crippen molar-refractivity contribution in [2.45, 2.75) is 18.9 Å². The number of rotatable bonds is 6. The van der Waals surface area contributed by atoms with Crippen LogP contribution in [0.25, 0.3) is 10.9 Å². The molecular formula is C15H16N6O3. The molecule has 0 aliphatic carbocycles. The van der Waals surface area contributed by atoms with Crippen molar-refractivity contribution >= 4 is 22.8 Å². The number of carbonyl (C=O) groups excluding carboxylic acids is 1. The summed E-state index contributed by atoms with van der Waals surface area (Å²) >= 11 is 0. The summed E-state index contributed by atoms with van der Waals surface area (Å²) < 4.78 is 1.37. The van der Waals surface area contributed by atoms with Crippen LogP contribution in [0.5, 0.6) is 0 Å². The molecule has 0 saturated carbocycles. The number of H-pyrrole nitrogens is 1. The molecule has 3 rings (SSSR count). The maximum atomic E-state index is 12.1. The van der Waals surface area contributed by atoms with Gasteiger partial charge in [-0.15, -0.1) is 5.10 Å². The SMILES string of the molecule is Cn1nnnc1CC(=O)NC(Cc1c[nH]c2ccccc12)C(=O)O. The summed E-state index contributed by atoms with van der Waals surface area (Å²) in [6.45, 7) is 0. The van der Waals surface area contributed by atoms with E-state index in [1.54, 1.807) is 13.2 Å². The summed E-state index contributed by atoms with van der Waals surface area (Å²) in [7, 11) is 1.61. The number of nitrogens with one attached hydrogen (secondary N) is 2.